The van der Waals surface area contributed by atoms with Gasteiger partial charge in [-0.2, -0.15) is 0 Å². The summed E-state index contributed by atoms with van der Waals surface area (Å²) in [5, 5.41) is 7.08. The third-order valence-corrected chi connectivity index (χ3v) is 4.04. The zero-order valence-corrected chi connectivity index (χ0v) is 12.8. The van der Waals surface area contributed by atoms with Gasteiger partial charge < -0.3 is 10.6 Å². The molecule has 1 aliphatic heterocycles. The molecule has 2 aromatic carbocycles. The predicted octanol–water partition coefficient (Wildman–Crippen LogP) is 4.60. The molecule has 0 unspecified atom stereocenters. The van der Waals surface area contributed by atoms with Crippen molar-refractivity contribution < 1.29 is 4.79 Å². The number of carbonyl (C=O) groups is 1. The van der Waals surface area contributed by atoms with Crippen LogP contribution >= 0.6 is 23.2 Å². The Morgan fingerprint density at radius 3 is 2.86 bits per heavy atom. The van der Waals surface area contributed by atoms with Crippen LogP contribution in [0.15, 0.2) is 36.4 Å². The fourth-order valence-electron chi connectivity index (χ4n) is 2.42. The van der Waals surface area contributed by atoms with E-state index in [0.29, 0.717) is 15.6 Å². The number of rotatable bonds is 2. The van der Waals surface area contributed by atoms with E-state index in [0.717, 1.165) is 30.8 Å². The van der Waals surface area contributed by atoms with Gasteiger partial charge in [0, 0.05) is 22.9 Å². The van der Waals surface area contributed by atoms with Gasteiger partial charge in [0.2, 0.25) is 0 Å². The van der Waals surface area contributed by atoms with E-state index in [1.54, 1.807) is 18.2 Å². The Morgan fingerprint density at radius 2 is 2.00 bits per heavy atom. The molecule has 0 radical (unpaired) electrons. The van der Waals surface area contributed by atoms with Gasteiger partial charge in [0.15, 0.2) is 0 Å². The third-order valence-electron chi connectivity index (χ3n) is 3.47. The Labute approximate surface area is 133 Å². The van der Waals surface area contributed by atoms with E-state index >= 15 is 0 Å². The number of hydrogen-bond donors (Lipinski definition) is 2. The number of hydrogen-bond acceptors (Lipinski definition) is 2. The number of halogens is 2. The van der Waals surface area contributed by atoms with Crippen LogP contribution in [0.25, 0.3) is 0 Å². The van der Waals surface area contributed by atoms with Gasteiger partial charge in [0.25, 0.3) is 5.91 Å². The highest BCUT2D eigenvalue weighted by atomic mass is 35.5. The highest BCUT2D eigenvalue weighted by Gasteiger charge is 2.13. The predicted molar refractivity (Wildman–Crippen MR) is 87.7 cm³/mol. The van der Waals surface area contributed by atoms with E-state index < -0.39 is 0 Å². The van der Waals surface area contributed by atoms with Crippen molar-refractivity contribution in [1.82, 2.24) is 0 Å². The van der Waals surface area contributed by atoms with E-state index in [1.807, 2.05) is 18.2 Å². The topological polar surface area (TPSA) is 41.1 Å². The summed E-state index contributed by atoms with van der Waals surface area (Å²) < 4.78 is 0. The first-order valence-corrected chi connectivity index (χ1v) is 7.52. The van der Waals surface area contributed by atoms with Crippen LogP contribution in [0, 0.1) is 0 Å². The molecule has 0 spiro atoms. The molecular weight excluding hydrogens is 307 g/mol. The van der Waals surface area contributed by atoms with Gasteiger partial charge in [0.1, 0.15) is 0 Å². The molecule has 5 heteroatoms. The summed E-state index contributed by atoms with van der Waals surface area (Å²) in [6, 6.07) is 10.7. The normalized spacial score (nSPS) is 13.2. The Morgan fingerprint density at radius 1 is 1.14 bits per heavy atom. The molecule has 0 saturated carbocycles. The van der Waals surface area contributed by atoms with Crippen LogP contribution in [-0.4, -0.2) is 12.5 Å². The smallest absolute Gasteiger partial charge is 0.257 e. The van der Waals surface area contributed by atoms with Crippen LogP contribution in [0.5, 0.6) is 0 Å². The highest BCUT2D eigenvalue weighted by molar-refractivity contribution is 6.36. The van der Waals surface area contributed by atoms with Crippen LogP contribution in [0.4, 0.5) is 11.4 Å². The Balaban J connectivity index is 1.83. The molecule has 0 bridgehead atoms. The maximum atomic E-state index is 12.3. The molecule has 1 heterocycles. The second kappa shape index (κ2) is 5.96. The van der Waals surface area contributed by atoms with Gasteiger partial charge in [-0.05, 0) is 54.8 Å². The fourth-order valence-corrected chi connectivity index (χ4v) is 2.80. The molecule has 3 nitrogen and oxygen atoms in total. The lowest BCUT2D eigenvalue weighted by molar-refractivity contribution is 0.102. The molecule has 108 valence electrons. The Bertz CT molecular complexity index is 701. The van der Waals surface area contributed by atoms with Gasteiger partial charge in [-0.3, -0.25) is 4.79 Å². The highest BCUT2D eigenvalue weighted by Crippen LogP contribution is 2.26. The molecule has 21 heavy (non-hydrogen) atoms. The van der Waals surface area contributed by atoms with Crippen LogP contribution in [0.1, 0.15) is 22.3 Å². The quantitative estimate of drug-likeness (QED) is 0.848. The van der Waals surface area contributed by atoms with Crippen LogP contribution in [0.3, 0.4) is 0 Å². The van der Waals surface area contributed by atoms with E-state index in [2.05, 4.69) is 10.6 Å². The summed E-state index contributed by atoms with van der Waals surface area (Å²) >= 11 is 12.0. The van der Waals surface area contributed by atoms with Gasteiger partial charge >= 0.3 is 0 Å². The maximum Gasteiger partial charge on any atom is 0.257 e. The van der Waals surface area contributed by atoms with Crippen molar-refractivity contribution in [1.29, 1.82) is 0 Å². The second-order valence-corrected chi connectivity index (χ2v) is 5.82. The maximum absolute atomic E-state index is 12.3. The van der Waals surface area contributed by atoms with Crippen molar-refractivity contribution in [3.63, 3.8) is 0 Å². The first-order valence-electron chi connectivity index (χ1n) is 6.77. The average Bonchev–Trinajstić information content (AvgIpc) is 2.49. The molecule has 1 amide bonds. The minimum Gasteiger partial charge on any atom is -0.385 e. The van der Waals surface area contributed by atoms with Gasteiger partial charge in [-0.25, -0.2) is 0 Å². The largest absolute Gasteiger partial charge is 0.385 e. The van der Waals surface area contributed by atoms with E-state index in [-0.39, 0.29) is 5.91 Å². The molecule has 3 rings (SSSR count). The molecular formula is C16H14Cl2N2O. The Kier molecular flexibility index (Phi) is 4.04. The van der Waals surface area contributed by atoms with Crippen molar-refractivity contribution in [2.45, 2.75) is 12.8 Å². The minimum absolute atomic E-state index is 0.258. The standard InChI is InChI=1S/C16H14Cl2N2O/c17-11-3-5-14(18)13(9-11)16(21)20-12-4-6-15-10(8-12)2-1-7-19-15/h3-6,8-9,19H,1-2,7H2,(H,20,21). The molecule has 0 atom stereocenters. The van der Waals surface area contributed by atoms with Crippen LogP contribution in [0.2, 0.25) is 10.0 Å². The molecule has 0 aliphatic carbocycles. The first kappa shape index (κ1) is 14.2. The number of nitrogens with one attached hydrogen (secondary N) is 2. The van der Waals surface area contributed by atoms with Crippen LogP contribution < -0.4 is 10.6 Å². The lowest BCUT2D eigenvalue weighted by atomic mass is 10.0. The molecule has 0 saturated heterocycles. The average molecular weight is 321 g/mol. The Hall–Kier alpha value is -1.71. The van der Waals surface area contributed by atoms with Gasteiger partial charge in [-0.1, -0.05) is 23.2 Å². The van der Waals surface area contributed by atoms with E-state index in [1.165, 1.54) is 5.56 Å². The second-order valence-electron chi connectivity index (χ2n) is 4.98. The summed E-state index contributed by atoms with van der Waals surface area (Å²) in [6.07, 6.45) is 2.12. The van der Waals surface area contributed by atoms with Crippen molar-refractivity contribution in [2.75, 3.05) is 17.2 Å². The number of anilines is 2. The number of benzene rings is 2. The summed E-state index contributed by atoms with van der Waals surface area (Å²) in [4.78, 5) is 12.3. The zero-order chi connectivity index (χ0) is 14.8. The summed E-state index contributed by atoms with van der Waals surface area (Å²) in [6.45, 7) is 0.997. The number of aryl methyl sites for hydroxylation is 1. The third kappa shape index (κ3) is 3.14. The van der Waals surface area contributed by atoms with Gasteiger partial charge in [-0.15, -0.1) is 0 Å². The molecule has 0 fully saturated rings. The lowest BCUT2D eigenvalue weighted by Gasteiger charge is -2.19. The lowest BCUT2D eigenvalue weighted by Crippen LogP contribution is -2.15. The van der Waals surface area contributed by atoms with Crippen molar-refractivity contribution in [3.8, 4) is 0 Å². The van der Waals surface area contributed by atoms with Crippen molar-refractivity contribution in [3.05, 3.63) is 57.6 Å². The number of carbonyl (C=O) groups excluding carboxylic acids is 1. The number of amides is 1. The minimum atomic E-state index is -0.258. The van der Waals surface area contributed by atoms with Gasteiger partial charge in [0.05, 0.1) is 10.6 Å². The van der Waals surface area contributed by atoms with Crippen molar-refractivity contribution >= 4 is 40.5 Å². The summed E-state index contributed by atoms with van der Waals surface area (Å²) in [5.74, 6) is -0.258. The SMILES string of the molecule is O=C(Nc1ccc2c(c1)CCCN2)c1cc(Cl)ccc1Cl. The van der Waals surface area contributed by atoms with Crippen molar-refractivity contribution in [2.24, 2.45) is 0 Å². The monoisotopic (exact) mass is 320 g/mol. The molecule has 0 aromatic heterocycles. The van der Waals surface area contributed by atoms with E-state index in [4.69, 9.17) is 23.2 Å². The van der Waals surface area contributed by atoms with Crippen LogP contribution in [-0.2, 0) is 6.42 Å². The molecule has 1 aliphatic rings. The molecule has 2 N–H and O–H groups in total. The first-order chi connectivity index (χ1) is 10.1. The fraction of sp³-hybridized carbons (Fsp3) is 0.188. The summed E-state index contributed by atoms with van der Waals surface area (Å²) in [5.41, 5.74) is 3.50. The zero-order valence-electron chi connectivity index (χ0n) is 11.2. The number of fused-ring (bicyclic) bond motifs is 1. The summed E-state index contributed by atoms with van der Waals surface area (Å²) in [7, 11) is 0. The van der Waals surface area contributed by atoms with E-state index in [9.17, 15) is 4.79 Å². The molecule has 2 aromatic rings.